The summed E-state index contributed by atoms with van der Waals surface area (Å²) in [6.07, 6.45) is 5.74. The third-order valence-electron chi connectivity index (χ3n) is 3.96. The molecular formula is C12H20N2O2. The van der Waals surface area contributed by atoms with E-state index in [9.17, 15) is 9.59 Å². The molecule has 4 nitrogen and oxygen atoms in total. The van der Waals surface area contributed by atoms with E-state index < -0.39 is 0 Å². The van der Waals surface area contributed by atoms with Crippen LogP contribution in [0.1, 0.15) is 46.0 Å². The summed E-state index contributed by atoms with van der Waals surface area (Å²) in [5.74, 6) is -0.225. The molecule has 0 aromatic rings. The summed E-state index contributed by atoms with van der Waals surface area (Å²) in [5.41, 5.74) is -0.0444. The maximum absolute atomic E-state index is 11.8. The Bertz CT molecular complexity index is 308. The molecule has 0 aromatic heterocycles. The van der Waals surface area contributed by atoms with Crippen molar-refractivity contribution in [1.29, 1.82) is 0 Å². The maximum Gasteiger partial charge on any atom is 0.324 e. The standard InChI is InChI=1S/C12H20N2O2/c1-9-8-14(11(16)13-10(9)15)12(2)6-4-3-5-7-12/h9H,3-8H2,1-2H3,(H,13,15,16). The van der Waals surface area contributed by atoms with Crippen molar-refractivity contribution in [1.82, 2.24) is 10.2 Å². The first-order chi connectivity index (χ1) is 7.53. The van der Waals surface area contributed by atoms with Crippen molar-refractivity contribution in [3.8, 4) is 0 Å². The Hall–Kier alpha value is -1.06. The van der Waals surface area contributed by atoms with Crippen molar-refractivity contribution in [3.05, 3.63) is 0 Å². The van der Waals surface area contributed by atoms with E-state index in [4.69, 9.17) is 0 Å². The molecule has 0 spiro atoms. The number of urea groups is 1. The van der Waals surface area contributed by atoms with Crippen LogP contribution < -0.4 is 5.32 Å². The van der Waals surface area contributed by atoms with Crippen molar-refractivity contribution >= 4 is 11.9 Å². The monoisotopic (exact) mass is 224 g/mol. The molecule has 0 bridgehead atoms. The van der Waals surface area contributed by atoms with Crippen molar-refractivity contribution in [2.24, 2.45) is 5.92 Å². The lowest BCUT2D eigenvalue weighted by Crippen LogP contribution is -2.61. The number of nitrogens with zero attached hydrogens (tertiary/aromatic N) is 1. The highest BCUT2D eigenvalue weighted by Gasteiger charge is 2.41. The Morgan fingerprint density at radius 3 is 2.50 bits per heavy atom. The van der Waals surface area contributed by atoms with E-state index in [0.717, 1.165) is 12.8 Å². The molecule has 2 fully saturated rings. The molecule has 0 aromatic carbocycles. The van der Waals surface area contributed by atoms with Crippen LogP contribution in [0, 0.1) is 5.92 Å². The van der Waals surface area contributed by atoms with Crippen LogP contribution in [-0.4, -0.2) is 28.9 Å². The summed E-state index contributed by atoms with van der Waals surface area (Å²) in [7, 11) is 0. The Balaban J connectivity index is 2.13. The highest BCUT2D eigenvalue weighted by atomic mass is 16.2. The molecule has 1 saturated carbocycles. The van der Waals surface area contributed by atoms with Gasteiger partial charge < -0.3 is 4.90 Å². The fraction of sp³-hybridized carbons (Fsp3) is 0.833. The topological polar surface area (TPSA) is 49.4 Å². The number of rotatable bonds is 1. The van der Waals surface area contributed by atoms with Gasteiger partial charge in [0.05, 0.1) is 5.92 Å². The first-order valence-corrected chi connectivity index (χ1v) is 6.15. The highest BCUT2D eigenvalue weighted by molar-refractivity contribution is 5.98. The molecule has 1 heterocycles. The van der Waals surface area contributed by atoms with E-state index >= 15 is 0 Å². The van der Waals surface area contributed by atoms with Crippen LogP contribution in [-0.2, 0) is 4.79 Å². The predicted molar refractivity (Wildman–Crippen MR) is 60.9 cm³/mol. The highest BCUT2D eigenvalue weighted by Crippen LogP contribution is 2.34. The molecule has 90 valence electrons. The van der Waals surface area contributed by atoms with Gasteiger partial charge in [0.15, 0.2) is 0 Å². The lowest BCUT2D eigenvalue weighted by molar-refractivity contribution is -0.126. The molecule has 1 atom stereocenters. The Morgan fingerprint density at radius 1 is 1.25 bits per heavy atom. The van der Waals surface area contributed by atoms with Gasteiger partial charge in [-0.3, -0.25) is 10.1 Å². The zero-order valence-corrected chi connectivity index (χ0v) is 10.1. The predicted octanol–water partition coefficient (Wildman–Crippen LogP) is 1.90. The third kappa shape index (κ3) is 1.93. The molecule has 2 aliphatic rings. The number of hydrogen-bond donors (Lipinski definition) is 1. The molecule has 1 unspecified atom stereocenters. The van der Waals surface area contributed by atoms with Gasteiger partial charge in [-0.15, -0.1) is 0 Å². The molecule has 1 saturated heterocycles. The van der Waals surface area contributed by atoms with E-state index in [1.807, 2.05) is 11.8 Å². The summed E-state index contributed by atoms with van der Waals surface area (Å²) in [4.78, 5) is 25.1. The smallest absolute Gasteiger partial charge is 0.318 e. The molecule has 1 aliphatic carbocycles. The fourth-order valence-corrected chi connectivity index (χ4v) is 2.78. The van der Waals surface area contributed by atoms with Crippen LogP contribution in [0.15, 0.2) is 0 Å². The van der Waals surface area contributed by atoms with Gasteiger partial charge in [0.25, 0.3) is 0 Å². The van der Waals surface area contributed by atoms with Crippen LogP contribution in [0.2, 0.25) is 0 Å². The Kier molecular flexibility index (Phi) is 2.91. The number of nitrogens with one attached hydrogen (secondary N) is 1. The van der Waals surface area contributed by atoms with Crippen LogP contribution in [0.3, 0.4) is 0 Å². The van der Waals surface area contributed by atoms with Gasteiger partial charge in [0, 0.05) is 12.1 Å². The van der Waals surface area contributed by atoms with Crippen molar-refractivity contribution in [2.75, 3.05) is 6.54 Å². The van der Waals surface area contributed by atoms with E-state index in [-0.39, 0.29) is 23.4 Å². The summed E-state index contributed by atoms with van der Waals surface area (Å²) >= 11 is 0. The quantitative estimate of drug-likeness (QED) is 0.739. The molecular weight excluding hydrogens is 204 g/mol. The molecule has 16 heavy (non-hydrogen) atoms. The zero-order valence-electron chi connectivity index (χ0n) is 10.1. The van der Waals surface area contributed by atoms with Crippen LogP contribution >= 0.6 is 0 Å². The average Bonchev–Trinajstić information content (AvgIpc) is 2.24. The lowest BCUT2D eigenvalue weighted by Gasteiger charge is -2.46. The SMILES string of the molecule is CC1CN(C2(C)CCCCC2)C(=O)NC1=O. The van der Waals surface area contributed by atoms with Gasteiger partial charge in [-0.05, 0) is 19.8 Å². The van der Waals surface area contributed by atoms with Gasteiger partial charge in [-0.1, -0.05) is 26.2 Å². The second kappa shape index (κ2) is 4.07. The fourth-order valence-electron chi connectivity index (χ4n) is 2.78. The lowest BCUT2D eigenvalue weighted by atomic mass is 9.81. The van der Waals surface area contributed by atoms with Crippen LogP contribution in [0.25, 0.3) is 0 Å². The van der Waals surface area contributed by atoms with Gasteiger partial charge >= 0.3 is 6.03 Å². The number of amides is 3. The second-order valence-electron chi connectivity index (χ2n) is 5.36. The molecule has 3 amide bonds. The number of imide groups is 1. The van der Waals surface area contributed by atoms with E-state index in [0.29, 0.717) is 6.54 Å². The molecule has 1 aliphatic heterocycles. The summed E-state index contributed by atoms with van der Waals surface area (Å²) in [6, 6.07) is -0.201. The minimum Gasteiger partial charge on any atom is -0.318 e. The molecule has 4 heteroatoms. The molecule has 0 radical (unpaired) electrons. The van der Waals surface area contributed by atoms with Gasteiger partial charge in [0.1, 0.15) is 0 Å². The first kappa shape index (κ1) is 11.4. The molecule has 1 N–H and O–H groups in total. The van der Waals surface area contributed by atoms with E-state index in [1.54, 1.807) is 0 Å². The summed E-state index contributed by atoms with van der Waals surface area (Å²) < 4.78 is 0. The zero-order chi connectivity index (χ0) is 11.8. The maximum atomic E-state index is 11.8. The summed E-state index contributed by atoms with van der Waals surface area (Å²) in [5, 5.41) is 2.45. The average molecular weight is 224 g/mol. The number of hydrogen-bond acceptors (Lipinski definition) is 2. The van der Waals surface area contributed by atoms with Gasteiger partial charge in [-0.25, -0.2) is 4.79 Å². The van der Waals surface area contributed by atoms with Crippen molar-refractivity contribution in [3.63, 3.8) is 0 Å². The first-order valence-electron chi connectivity index (χ1n) is 6.15. The summed E-state index contributed by atoms with van der Waals surface area (Å²) in [6.45, 7) is 4.59. The second-order valence-corrected chi connectivity index (χ2v) is 5.36. The third-order valence-corrected chi connectivity index (χ3v) is 3.96. The van der Waals surface area contributed by atoms with Gasteiger partial charge in [0.2, 0.25) is 5.91 Å². The number of carbonyl (C=O) groups is 2. The Labute approximate surface area is 96.4 Å². The van der Waals surface area contributed by atoms with Gasteiger partial charge in [-0.2, -0.15) is 0 Å². The molecule has 2 rings (SSSR count). The van der Waals surface area contributed by atoms with E-state index in [2.05, 4.69) is 12.2 Å². The number of carbonyl (C=O) groups excluding carboxylic acids is 2. The van der Waals surface area contributed by atoms with Crippen molar-refractivity contribution < 1.29 is 9.59 Å². The van der Waals surface area contributed by atoms with Crippen molar-refractivity contribution in [2.45, 2.75) is 51.5 Å². The Morgan fingerprint density at radius 2 is 1.88 bits per heavy atom. The van der Waals surface area contributed by atoms with Crippen LogP contribution in [0.4, 0.5) is 4.79 Å². The normalized spacial score (nSPS) is 30.1. The van der Waals surface area contributed by atoms with E-state index in [1.165, 1.54) is 19.3 Å². The minimum atomic E-state index is -0.201. The largest absolute Gasteiger partial charge is 0.324 e. The minimum absolute atomic E-state index is 0.0444. The van der Waals surface area contributed by atoms with Crippen LogP contribution in [0.5, 0.6) is 0 Å².